The number of fused-ring (bicyclic) bond motifs is 1. The van der Waals surface area contributed by atoms with Gasteiger partial charge in [0.25, 0.3) is 10.0 Å². The summed E-state index contributed by atoms with van der Waals surface area (Å²) in [7, 11) is -3.68. The summed E-state index contributed by atoms with van der Waals surface area (Å²) in [5, 5.41) is 6.47. The van der Waals surface area contributed by atoms with Crippen molar-refractivity contribution in [3.8, 4) is 0 Å². The Balaban J connectivity index is 2.12. The van der Waals surface area contributed by atoms with Crippen LogP contribution < -0.4 is 4.31 Å². The Kier molecular flexibility index (Phi) is 3.67. The van der Waals surface area contributed by atoms with E-state index in [0.717, 1.165) is 17.7 Å². The fourth-order valence-corrected chi connectivity index (χ4v) is 4.72. The monoisotopic (exact) mass is 325 g/mol. The Morgan fingerprint density at radius 1 is 1.43 bits per heavy atom. The smallest absolute Gasteiger partial charge is 0.266 e. The van der Waals surface area contributed by atoms with Crippen molar-refractivity contribution < 1.29 is 8.42 Å². The molecular weight excluding hydrogens is 310 g/mol. The van der Waals surface area contributed by atoms with Crippen LogP contribution in [0, 0.1) is 5.92 Å². The lowest BCUT2D eigenvalue weighted by Crippen LogP contribution is -2.39. The number of nitrogens with zero attached hydrogens (tertiary/aromatic N) is 2. The number of aromatic nitrogens is 2. The fraction of sp³-hybridized carbons (Fsp3) is 0.357. The predicted octanol–water partition coefficient (Wildman–Crippen LogP) is 2.54. The van der Waals surface area contributed by atoms with E-state index >= 15 is 0 Å². The number of hydrogen-bond acceptors (Lipinski definition) is 3. The molecule has 0 bridgehead atoms. The molecule has 1 unspecified atom stereocenters. The molecule has 1 aliphatic rings. The van der Waals surface area contributed by atoms with Crippen LogP contribution in [0.1, 0.15) is 18.1 Å². The van der Waals surface area contributed by atoms with Crippen LogP contribution in [0.5, 0.6) is 0 Å². The number of sulfonamides is 1. The number of halogens is 1. The first-order valence-corrected chi connectivity index (χ1v) is 8.70. The zero-order valence-corrected chi connectivity index (χ0v) is 13.2. The molecule has 1 aliphatic heterocycles. The highest BCUT2D eigenvalue weighted by Crippen LogP contribution is 2.34. The van der Waals surface area contributed by atoms with Crippen LogP contribution in [0.4, 0.5) is 5.69 Å². The van der Waals surface area contributed by atoms with Gasteiger partial charge in [0.15, 0.2) is 5.03 Å². The number of alkyl halides is 1. The third-order valence-corrected chi connectivity index (χ3v) is 5.76. The molecule has 7 heteroatoms. The van der Waals surface area contributed by atoms with Gasteiger partial charge in [0.05, 0.1) is 17.8 Å². The molecule has 0 saturated heterocycles. The van der Waals surface area contributed by atoms with Crippen LogP contribution in [0.25, 0.3) is 0 Å². The second kappa shape index (κ2) is 5.35. The summed E-state index contributed by atoms with van der Waals surface area (Å²) in [6.07, 6.45) is 2.34. The van der Waals surface area contributed by atoms with Gasteiger partial charge in [-0.25, -0.2) is 0 Å². The third kappa shape index (κ3) is 2.42. The van der Waals surface area contributed by atoms with Gasteiger partial charge in [0.2, 0.25) is 0 Å². The van der Waals surface area contributed by atoms with Crippen molar-refractivity contribution in [2.45, 2.75) is 24.3 Å². The van der Waals surface area contributed by atoms with Crippen molar-refractivity contribution in [3.63, 3.8) is 0 Å². The van der Waals surface area contributed by atoms with Crippen LogP contribution in [-0.4, -0.2) is 25.2 Å². The number of hydrogen-bond donors (Lipinski definition) is 1. The quantitative estimate of drug-likeness (QED) is 0.882. The molecule has 2 aromatic rings. The first-order valence-electron chi connectivity index (χ1n) is 6.73. The minimum atomic E-state index is -3.68. The van der Waals surface area contributed by atoms with Crippen molar-refractivity contribution >= 4 is 27.3 Å². The second-order valence-electron chi connectivity index (χ2n) is 5.33. The first kappa shape index (κ1) is 14.4. The number of para-hydroxylation sites is 1. The molecule has 0 amide bonds. The fourth-order valence-electron chi connectivity index (χ4n) is 2.70. The van der Waals surface area contributed by atoms with E-state index in [1.165, 1.54) is 10.5 Å². The molecule has 0 aliphatic carbocycles. The van der Waals surface area contributed by atoms with E-state index in [-0.39, 0.29) is 16.8 Å². The normalized spacial score (nSPS) is 18.6. The lowest BCUT2D eigenvalue weighted by atomic mass is 9.96. The minimum absolute atomic E-state index is 0.0846. The molecule has 21 heavy (non-hydrogen) atoms. The number of anilines is 1. The maximum absolute atomic E-state index is 12.9. The Hall–Kier alpha value is -1.53. The molecule has 1 N–H and O–H groups in total. The summed E-state index contributed by atoms with van der Waals surface area (Å²) in [5.74, 6) is 0.368. The molecule has 0 spiro atoms. The van der Waals surface area contributed by atoms with Crippen molar-refractivity contribution in [2.24, 2.45) is 5.92 Å². The van der Waals surface area contributed by atoms with E-state index in [4.69, 9.17) is 11.6 Å². The van der Waals surface area contributed by atoms with Gasteiger partial charge < -0.3 is 0 Å². The lowest BCUT2D eigenvalue weighted by Gasteiger charge is -2.33. The highest BCUT2D eigenvalue weighted by molar-refractivity contribution is 7.92. The second-order valence-corrected chi connectivity index (χ2v) is 7.40. The summed E-state index contributed by atoms with van der Waals surface area (Å²) in [6, 6.07) is 7.60. The molecule has 0 fully saturated rings. The van der Waals surface area contributed by atoms with Crippen LogP contribution in [0.15, 0.2) is 35.5 Å². The molecule has 1 atom stereocenters. The average molecular weight is 326 g/mol. The van der Waals surface area contributed by atoms with Gasteiger partial charge in [0.1, 0.15) is 0 Å². The highest BCUT2D eigenvalue weighted by Gasteiger charge is 2.33. The number of rotatable bonds is 3. The first-order chi connectivity index (χ1) is 10.0. The lowest BCUT2D eigenvalue weighted by molar-refractivity contribution is 0.542. The molecule has 0 radical (unpaired) electrons. The Labute approximate surface area is 129 Å². The van der Waals surface area contributed by atoms with Gasteiger partial charge in [-0.2, -0.15) is 13.5 Å². The molecule has 5 nitrogen and oxygen atoms in total. The summed E-state index contributed by atoms with van der Waals surface area (Å²) in [6.45, 7) is 2.51. The Morgan fingerprint density at radius 2 is 2.19 bits per heavy atom. The van der Waals surface area contributed by atoms with E-state index in [1.807, 2.05) is 31.2 Å². The standard InChI is InChI=1S/C14H16ClN3O2S/c1-10-6-11-4-2-3-5-13(11)18(9-10)21(19,20)14-12(7-15)8-16-17-14/h2-5,8,10H,6-7,9H2,1H3,(H,16,17). The summed E-state index contributed by atoms with van der Waals surface area (Å²) in [5.41, 5.74) is 2.28. The average Bonchev–Trinajstić information content (AvgIpc) is 2.95. The summed E-state index contributed by atoms with van der Waals surface area (Å²) >= 11 is 5.80. The zero-order chi connectivity index (χ0) is 15.0. The number of benzene rings is 1. The topological polar surface area (TPSA) is 66.1 Å². The van der Waals surface area contributed by atoms with Crippen LogP contribution >= 0.6 is 11.6 Å². The molecule has 1 aromatic carbocycles. The van der Waals surface area contributed by atoms with Gasteiger partial charge in [0, 0.05) is 12.1 Å². The summed E-state index contributed by atoms with van der Waals surface area (Å²) in [4.78, 5) is 0. The molecule has 3 rings (SSSR count). The van der Waals surface area contributed by atoms with Gasteiger partial charge >= 0.3 is 0 Å². The SMILES string of the molecule is CC1Cc2ccccc2N(S(=O)(=O)c2[nH]ncc2CCl)C1. The molecule has 1 aromatic heterocycles. The van der Waals surface area contributed by atoms with Crippen molar-refractivity contribution in [1.82, 2.24) is 10.2 Å². The van der Waals surface area contributed by atoms with E-state index in [2.05, 4.69) is 10.2 Å². The Bertz CT molecular complexity index is 757. The van der Waals surface area contributed by atoms with Crippen molar-refractivity contribution in [3.05, 3.63) is 41.6 Å². The van der Waals surface area contributed by atoms with Crippen molar-refractivity contribution in [2.75, 3.05) is 10.8 Å². The van der Waals surface area contributed by atoms with E-state index in [0.29, 0.717) is 12.1 Å². The van der Waals surface area contributed by atoms with Crippen LogP contribution in [0.3, 0.4) is 0 Å². The molecule has 2 heterocycles. The van der Waals surface area contributed by atoms with E-state index in [9.17, 15) is 8.42 Å². The molecular formula is C14H16ClN3O2S. The molecule has 112 valence electrons. The third-order valence-electron chi connectivity index (χ3n) is 3.68. The van der Waals surface area contributed by atoms with Gasteiger partial charge in [-0.15, -0.1) is 11.6 Å². The molecule has 0 saturated carbocycles. The largest absolute Gasteiger partial charge is 0.281 e. The van der Waals surface area contributed by atoms with E-state index < -0.39 is 10.0 Å². The van der Waals surface area contributed by atoms with E-state index in [1.54, 1.807) is 0 Å². The zero-order valence-electron chi connectivity index (χ0n) is 11.6. The maximum atomic E-state index is 12.9. The van der Waals surface area contributed by atoms with Gasteiger partial charge in [-0.1, -0.05) is 25.1 Å². The summed E-state index contributed by atoms with van der Waals surface area (Å²) < 4.78 is 27.3. The highest BCUT2D eigenvalue weighted by atomic mass is 35.5. The number of aromatic amines is 1. The number of nitrogens with one attached hydrogen (secondary N) is 1. The van der Waals surface area contributed by atoms with Crippen LogP contribution in [0.2, 0.25) is 0 Å². The Morgan fingerprint density at radius 3 is 2.95 bits per heavy atom. The number of H-pyrrole nitrogens is 1. The maximum Gasteiger partial charge on any atom is 0.281 e. The van der Waals surface area contributed by atoms with Gasteiger partial charge in [-0.3, -0.25) is 9.40 Å². The minimum Gasteiger partial charge on any atom is -0.266 e. The predicted molar refractivity (Wildman–Crippen MR) is 82.0 cm³/mol. The van der Waals surface area contributed by atoms with Crippen molar-refractivity contribution in [1.29, 1.82) is 0 Å². The van der Waals surface area contributed by atoms with Gasteiger partial charge in [-0.05, 0) is 24.0 Å². The van der Waals surface area contributed by atoms with Crippen LogP contribution in [-0.2, 0) is 22.3 Å².